The second-order valence-electron chi connectivity index (χ2n) is 5.27. The molecule has 0 aliphatic rings. The van der Waals surface area contributed by atoms with Gasteiger partial charge in [-0.25, -0.2) is 0 Å². The normalized spacial score (nSPS) is 12.5. The van der Waals surface area contributed by atoms with Gasteiger partial charge in [0.05, 0.1) is 0 Å². The standard InChI is InChI=1S/C17H20BrNO/c1-11(2)15-10-13(18)8-9-17(15)20-16-7-5-4-6-14(16)12(3)19/h4-12H,19H2,1-3H3/t12-/m1/s1. The van der Waals surface area contributed by atoms with Crippen molar-refractivity contribution in [3.63, 3.8) is 0 Å². The lowest BCUT2D eigenvalue weighted by molar-refractivity contribution is 0.463. The maximum Gasteiger partial charge on any atom is 0.132 e. The summed E-state index contributed by atoms with van der Waals surface area (Å²) < 4.78 is 7.18. The number of hydrogen-bond acceptors (Lipinski definition) is 2. The average Bonchev–Trinajstić information content (AvgIpc) is 2.41. The van der Waals surface area contributed by atoms with E-state index >= 15 is 0 Å². The Bertz CT molecular complexity index is 593. The average molecular weight is 334 g/mol. The van der Waals surface area contributed by atoms with Gasteiger partial charge in [-0.15, -0.1) is 0 Å². The molecule has 0 saturated carbocycles. The second-order valence-corrected chi connectivity index (χ2v) is 6.18. The van der Waals surface area contributed by atoms with E-state index in [0.717, 1.165) is 21.5 Å². The van der Waals surface area contributed by atoms with Gasteiger partial charge in [-0.3, -0.25) is 0 Å². The van der Waals surface area contributed by atoms with E-state index in [1.807, 2.05) is 43.3 Å². The minimum Gasteiger partial charge on any atom is -0.457 e. The Labute approximate surface area is 129 Å². The number of halogens is 1. The third-order valence-electron chi connectivity index (χ3n) is 3.22. The Morgan fingerprint density at radius 3 is 2.25 bits per heavy atom. The lowest BCUT2D eigenvalue weighted by Crippen LogP contribution is -2.06. The minimum absolute atomic E-state index is 0.0517. The Balaban J connectivity index is 2.40. The van der Waals surface area contributed by atoms with Crippen LogP contribution in [0.2, 0.25) is 0 Å². The monoisotopic (exact) mass is 333 g/mol. The maximum atomic E-state index is 6.12. The van der Waals surface area contributed by atoms with Gasteiger partial charge in [0, 0.05) is 16.1 Å². The zero-order valence-corrected chi connectivity index (χ0v) is 13.6. The van der Waals surface area contributed by atoms with Crippen molar-refractivity contribution in [1.29, 1.82) is 0 Å². The van der Waals surface area contributed by atoms with Crippen molar-refractivity contribution in [2.45, 2.75) is 32.7 Å². The Kier molecular flexibility index (Phi) is 4.84. The molecule has 0 amide bonds. The van der Waals surface area contributed by atoms with Crippen molar-refractivity contribution in [3.8, 4) is 11.5 Å². The molecule has 0 saturated heterocycles. The van der Waals surface area contributed by atoms with Crippen molar-refractivity contribution in [3.05, 3.63) is 58.1 Å². The van der Waals surface area contributed by atoms with Crippen molar-refractivity contribution in [2.24, 2.45) is 5.73 Å². The van der Waals surface area contributed by atoms with Crippen molar-refractivity contribution in [1.82, 2.24) is 0 Å². The number of benzene rings is 2. The molecule has 2 N–H and O–H groups in total. The fourth-order valence-corrected chi connectivity index (χ4v) is 2.51. The minimum atomic E-state index is -0.0517. The van der Waals surface area contributed by atoms with Crippen LogP contribution >= 0.6 is 15.9 Å². The highest BCUT2D eigenvalue weighted by molar-refractivity contribution is 9.10. The van der Waals surface area contributed by atoms with Crippen LogP contribution in [0.4, 0.5) is 0 Å². The first-order chi connectivity index (χ1) is 9.49. The number of nitrogens with two attached hydrogens (primary N) is 1. The summed E-state index contributed by atoms with van der Waals surface area (Å²) in [6.07, 6.45) is 0. The van der Waals surface area contributed by atoms with Gasteiger partial charge in [0.1, 0.15) is 11.5 Å². The Morgan fingerprint density at radius 2 is 1.60 bits per heavy atom. The lowest BCUT2D eigenvalue weighted by Gasteiger charge is -2.17. The van der Waals surface area contributed by atoms with Crippen molar-refractivity contribution < 1.29 is 4.74 Å². The van der Waals surface area contributed by atoms with Crippen LogP contribution in [0.25, 0.3) is 0 Å². The molecular weight excluding hydrogens is 314 g/mol. The topological polar surface area (TPSA) is 35.2 Å². The summed E-state index contributed by atoms with van der Waals surface area (Å²) in [6, 6.07) is 14.0. The molecule has 0 aromatic heterocycles. The third-order valence-corrected chi connectivity index (χ3v) is 3.72. The first-order valence-corrected chi connectivity index (χ1v) is 7.60. The summed E-state index contributed by atoms with van der Waals surface area (Å²) in [7, 11) is 0. The van der Waals surface area contributed by atoms with Gasteiger partial charge in [-0.2, -0.15) is 0 Å². The molecule has 2 nitrogen and oxygen atoms in total. The number of para-hydroxylation sites is 1. The smallest absolute Gasteiger partial charge is 0.132 e. The third kappa shape index (κ3) is 3.41. The van der Waals surface area contributed by atoms with Crippen LogP contribution in [-0.4, -0.2) is 0 Å². The largest absolute Gasteiger partial charge is 0.457 e. The maximum absolute atomic E-state index is 6.12. The van der Waals surface area contributed by atoms with Gasteiger partial charge in [0.25, 0.3) is 0 Å². The number of hydrogen-bond donors (Lipinski definition) is 1. The molecule has 0 bridgehead atoms. The molecule has 0 heterocycles. The van der Waals surface area contributed by atoms with Crippen LogP contribution in [0.1, 0.15) is 43.9 Å². The summed E-state index contributed by atoms with van der Waals surface area (Å²) in [6.45, 7) is 6.28. The zero-order chi connectivity index (χ0) is 14.7. The Morgan fingerprint density at radius 1 is 0.950 bits per heavy atom. The number of ether oxygens (including phenoxy) is 1. The molecular formula is C17H20BrNO. The van der Waals surface area contributed by atoms with Crippen LogP contribution in [0.3, 0.4) is 0 Å². The second kappa shape index (κ2) is 6.42. The van der Waals surface area contributed by atoms with Crippen LogP contribution < -0.4 is 10.5 Å². The SMILES string of the molecule is CC(C)c1cc(Br)ccc1Oc1ccccc1[C@@H](C)N. The highest BCUT2D eigenvalue weighted by atomic mass is 79.9. The molecule has 3 heteroatoms. The molecule has 1 atom stereocenters. The predicted molar refractivity (Wildman–Crippen MR) is 87.3 cm³/mol. The first-order valence-electron chi connectivity index (χ1n) is 6.81. The van der Waals surface area contributed by atoms with E-state index < -0.39 is 0 Å². The molecule has 0 unspecified atom stereocenters. The van der Waals surface area contributed by atoms with Gasteiger partial charge < -0.3 is 10.5 Å². The summed E-state index contributed by atoms with van der Waals surface area (Å²) in [4.78, 5) is 0. The van der Waals surface area contributed by atoms with E-state index in [1.165, 1.54) is 5.56 Å². The summed E-state index contributed by atoms with van der Waals surface area (Å²) in [5, 5.41) is 0. The molecule has 0 aliphatic heterocycles. The van der Waals surface area contributed by atoms with Crippen LogP contribution in [-0.2, 0) is 0 Å². The molecule has 106 valence electrons. The highest BCUT2D eigenvalue weighted by Crippen LogP contribution is 2.35. The lowest BCUT2D eigenvalue weighted by atomic mass is 10.0. The Hall–Kier alpha value is -1.32. The summed E-state index contributed by atoms with van der Waals surface area (Å²) in [5.74, 6) is 2.10. The number of rotatable bonds is 4. The predicted octanol–water partition coefficient (Wildman–Crippen LogP) is 5.38. The van der Waals surface area contributed by atoms with Crippen LogP contribution in [0.15, 0.2) is 46.9 Å². The quantitative estimate of drug-likeness (QED) is 0.814. The molecule has 0 spiro atoms. The molecule has 0 aliphatic carbocycles. The van der Waals surface area contributed by atoms with Crippen LogP contribution in [0.5, 0.6) is 11.5 Å². The van der Waals surface area contributed by atoms with E-state index in [1.54, 1.807) is 0 Å². The van der Waals surface area contributed by atoms with E-state index in [0.29, 0.717) is 5.92 Å². The van der Waals surface area contributed by atoms with Crippen LogP contribution in [0, 0.1) is 0 Å². The van der Waals surface area contributed by atoms with Gasteiger partial charge in [0.15, 0.2) is 0 Å². The van der Waals surface area contributed by atoms with Gasteiger partial charge >= 0.3 is 0 Å². The molecule has 0 radical (unpaired) electrons. The molecule has 2 rings (SSSR count). The fraction of sp³-hybridized carbons (Fsp3) is 0.294. The first kappa shape index (κ1) is 15.1. The van der Waals surface area contributed by atoms with Gasteiger partial charge in [0.2, 0.25) is 0 Å². The zero-order valence-electron chi connectivity index (χ0n) is 12.1. The van der Waals surface area contributed by atoms with E-state index in [4.69, 9.17) is 10.5 Å². The van der Waals surface area contributed by atoms with E-state index in [9.17, 15) is 0 Å². The van der Waals surface area contributed by atoms with Gasteiger partial charge in [-0.1, -0.05) is 48.0 Å². The van der Waals surface area contributed by atoms with Gasteiger partial charge in [-0.05, 0) is 42.7 Å². The molecule has 2 aromatic carbocycles. The highest BCUT2D eigenvalue weighted by Gasteiger charge is 2.13. The summed E-state index contributed by atoms with van der Waals surface area (Å²) >= 11 is 3.51. The van der Waals surface area contributed by atoms with Crippen molar-refractivity contribution in [2.75, 3.05) is 0 Å². The van der Waals surface area contributed by atoms with E-state index in [2.05, 4.69) is 35.8 Å². The van der Waals surface area contributed by atoms with Crippen molar-refractivity contribution >= 4 is 15.9 Å². The van der Waals surface area contributed by atoms with E-state index in [-0.39, 0.29) is 6.04 Å². The summed E-state index contributed by atoms with van der Waals surface area (Å²) in [5.41, 5.74) is 8.20. The molecule has 0 fully saturated rings. The fourth-order valence-electron chi connectivity index (χ4n) is 2.13. The molecule has 2 aromatic rings. The molecule has 20 heavy (non-hydrogen) atoms.